The third-order valence-corrected chi connectivity index (χ3v) is 3.00. The van der Waals surface area contributed by atoms with E-state index in [0.717, 1.165) is 0 Å². The van der Waals surface area contributed by atoms with Gasteiger partial charge >= 0.3 is 6.18 Å². The lowest BCUT2D eigenvalue weighted by molar-refractivity contribution is -0.143. The van der Waals surface area contributed by atoms with Gasteiger partial charge in [0.2, 0.25) is 0 Å². The molecule has 24 heavy (non-hydrogen) atoms. The first-order valence-corrected chi connectivity index (χ1v) is 6.19. The van der Waals surface area contributed by atoms with Gasteiger partial charge in [0, 0.05) is 0 Å². The summed E-state index contributed by atoms with van der Waals surface area (Å²) in [6.45, 7) is 1.47. The summed E-state index contributed by atoms with van der Waals surface area (Å²) >= 11 is 0. The number of phenolic OH excluding ortho intramolecular Hbond substituents is 1. The maximum Gasteiger partial charge on any atom is 0.422 e. The lowest BCUT2D eigenvalue weighted by atomic mass is 10.1. The summed E-state index contributed by atoms with van der Waals surface area (Å²) in [5, 5.41) is 15.7. The van der Waals surface area contributed by atoms with E-state index < -0.39 is 46.4 Å². The third-order valence-electron chi connectivity index (χ3n) is 3.00. The number of phenols is 1. The Balaban J connectivity index is 2.61. The molecule has 0 atom stereocenters. The van der Waals surface area contributed by atoms with Gasteiger partial charge in [0.1, 0.15) is 17.0 Å². The predicted molar refractivity (Wildman–Crippen MR) is 68.3 cm³/mol. The molecule has 128 valence electrons. The van der Waals surface area contributed by atoms with Crippen molar-refractivity contribution in [3.63, 3.8) is 0 Å². The van der Waals surface area contributed by atoms with Gasteiger partial charge < -0.3 is 5.11 Å². The number of hydrogen-bond acceptors (Lipinski definition) is 3. The molecule has 1 N–H and O–H groups in total. The van der Waals surface area contributed by atoms with Crippen molar-refractivity contribution in [2.24, 2.45) is 10.2 Å². The quantitative estimate of drug-likeness (QED) is 0.421. The van der Waals surface area contributed by atoms with Gasteiger partial charge in [0.05, 0.1) is 0 Å². The van der Waals surface area contributed by atoms with E-state index in [-0.39, 0.29) is 5.69 Å². The number of nitrogens with zero attached hydrogens (tertiary/aromatic N) is 2. The molecule has 3 nitrogen and oxygen atoms in total. The summed E-state index contributed by atoms with van der Waals surface area (Å²) in [7, 11) is 0. The fourth-order valence-corrected chi connectivity index (χ4v) is 1.78. The lowest BCUT2D eigenvalue weighted by Gasteiger charge is -2.11. The molecular weight excluding hydrogens is 345 g/mol. The molecule has 0 radical (unpaired) electrons. The minimum Gasteiger partial charge on any atom is -0.505 e. The average Bonchev–Trinajstić information content (AvgIpc) is 2.48. The molecule has 2 aromatic rings. The molecule has 0 heterocycles. The van der Waals surface area contributed by atoms with Gasteiger partial charge in [-0.15, -0.1) is 10.2 Å². The largest absolute Gasteiger partial charge is 0.505 e. The van der Waals surface area contributed by atoms with Gasteiger partial charge in [-0.05, 0) is 18.6 Å². The van der Waals surface area contributed by atoms with E-state index >= 15 is 0 Å². The number of azo groups is 1. The minimum atomic E-state index is -5.64. The molecule has 0 amide bonds. The van der Waals surface area contributed by atoms with E-state index in [9.17, 15) is 35.8 Å². The van der Waals surface area contributed by atoms with Crippen molar-refractivity contribution in [1.82, 2.24) is 0 Å². The zero-order valence-corrected chi connectivity index (χ0v) is 11.7. The van der Waals surface area contributed by atoms with Crippen molar-refractivity contribution in [1.29, 1.82) is 0 Å². The van der Waals surface area contributed by atoms with Crippen LogP contribution in [0.25, 0.3) is 0 Å². The second kappa shape index (κ2) is 6.10. The number of rotatable bonds is 2. The Labute approximate surface area is 130 Å². The minimum absolute atomic E-state index is 0.297. The zero-order valence-electron chi connectivity index (χ0n) is 11.7. The van der Waals surface area contributed by atoms with Crippen LogP contribution in [0.15, 0.2) is 28.4 Å². The number of benzene rings is 2. The summed E-state index contributed by atoms with van der Waals surface area (Å²) in [5.41, 5.74) is -4.36. The van der Waals surface area contributed by atoms with Crippen molar-refractivity contribution in [3.05, 3.63) is 52.6 Å². The molecule has 0 saturated heterocycles. The molecule has 0 aliphatic heterocycles. The van der Waals surface area contributed by atoms with Gasteiger partial charge in [-0.25, -0.2) is 17.6 Å². The number of aryl methyl sites for hydroxylation is 1. The van der Waals surface area contributed by atoms with E-state index in [2.05, 4.69) is 10.2 Å². The molecule has 0 aliphatic carbocycles. The van der Waals surface area contributed by atoms with Gasteiger partial charge in [-0.3, -0.25) is 0 Å². The molecule has 0 unspecified atom stereocenters. The predicted octanol–water partition coefficient (Wildman–Crippen LogP) is 5.69. The number of hydrogen-bond donors (Lipinski definition) is 1. The first kappa shape index (κ1) is 17.7. The van der Waals surface area contributed by atoms with Gasteiger partial charge in [0.15, 0.2) is 29.0 Å². The van der Waals surface area contributed by atoms with E-state index in [1.54, 1.807) is 0 Å². The molecule has 2 aromatic carbocycles. The number of halogens is 7. The molecular formula is C14H7F7N2O. The zero-order chi connectivity index (χ0) is 18.2. The molecule has 0 spiro atoms. The Morgan fingerprint density at radius 1 is 0.875 bits per heavy atom. The van der Waals surface area contributed by atoms with Crippen LogP contribution in [0.2, 0.25) is 0 Å². The lowest BCUT2D eigenvalue weighted by Crippen LogP contribution is -2.14. The Morgan fingerprint density at radius 2 is 1.42 bits per heavy atom. The highest BCUT2D eigenvalue weighted by Crippen LogP contribution is 2.40. The summed E-state index contributed by atoms with van der Waals surface area (Å²) in [6, 6.07) is 4.02. The van der Waals surface area contributed by atoms with Crippen LogP contribution < -0.4 is 0 Å². The summed E-state index contributed by atoms with van der Waals surface area (Å²) < 4.78 is 91.4. The summed E-state index contributed by atoms with van der Waals surface area (Å²) in [5.74, 6) is -10.4. The topological polar surface area (TPSA) is 45.0 Å². The number of para-hydroxylation sites is 1. The molecule has 0 fully saturated rings. The van der Waals surface area contributed by atoms with Crippen LogP contribution >= 0.6 is 0 Å². The maximum absolute atomic E-state index is 13.6. The SMILES string of the molecule is Cc1cccc(N=Nc2c(F)c(F)c(C(F)(F)F)c(F)c2F)c1O. The van der Waals surface area contributed by atoms with E-state index in [0.29, 0.717) is 5.56 Å². The van der Waals surface area contributed by atoms with Crippen LogP contribution in [0.1, 0.15) is 11.1 Å². The van der Waals surface area contributed by atoms with Gasteiger partial charge in [-0.2, -0.15) is 13.2 Å². The van der Waals surface area contributed by atoms with Crippen molar-refractivity contribution in [3.8, 4) is 5.75 Å². The fourth-order valence-electron chi connectivity index (χ4n) is 1.78. The third kappa shape index (κ3) is 3.03. The van der Waals surface area contributed by atoms with Crippen LogP contribution in [-0.2, 0) is 6.18 Å². The van der Waals surface area contributed by atoms with Crippen LogP contribution in [0.3, 0.4) is 0 Å². The van der Waals surface area contributed by atoms with Crippen molar-refractivity contribution in [2.45, 2.75) is 13.1 Å². The van der Waals surface area contributed by atoms with E-state index in [1.165, 1.54) is 25.1 Å². The van der Waals surface area contributed by atoms with Crippen LogP contribution in [0.4, 0.5) is 42.1 Å². The first-order chi connectivity index (χ1) is 11.1. The fraction of sp³-hybridized carbons (Fsp3) is 0.143. The Hall–Kier alpha value is -2.65. The van der Waals surface area contributed by atoms with Crippen LogP contribution in [0.5, 0.6) is 5.75 Å². The summed E-state index contributed by atoms with van der Waals surface area (Å²) in [6.07, 6.45) is -5.64. The Bertz CT molecular complexity index is 802. The second-order valence-corrected chi connectivity index (χ2v) is 4.62. The maximum atomic E-state index is 13.6. The van der Waals surface area contributed by atoms with Crippen LogP contribution in [-0.4, -0.2) is 5.11 Å². The smallest absolute Gasteiger partial charge is 0.422 e. The molecule has 2 rings (SSSR count). The molecule has 0 aromatic heterocycles. The molecule has 0 bridgehead atoms. The highest BCUT2D eigenvalue weighted by atomic mass is 19.4. The van der Waals surface area contributed by atoms with E-state index in [1.807, 2.05) is 0 Å². The highest BCUT2D eigenvalue weighted by molar-refractivity contribution is 5.55. The highest BCUT2D eigenvalue weighted by Gasteiger charge is 2.42. The summed E-state index contributed by atoms with van der Waals surface area (Å²) in [4.78, 5) is 0. The Kier molecular flexibility index (Phi) is 4.50. The standard InChI is InChI=1S/C14H7F7N2O/c1-5-3-2-4-6(13(5)24)22-23-12-10(17)8(15)7(14(19,20)21)9(16)11(12)18/h2-4,24H,1H3. The van der Waals surface area contributed by atoms with Gasteiger partial charge in [0.25, 0.3) is 0 Å². The second-order valence-electron chi connectivity index (χ2n) is 4.62. The number of alkyl halides is 3. The average molecular weight is 352 g/mol. The van der Waals surface area contributed by atoms with E-state index in [4.69, 9.17) is 0 Å². The molecule has 0 saturated carbocycles. The van der Waals surface area contributed by atoms with Crippen molar-refractivity contribution >= 4 is 11.4 Å². The van der Waals surface area contributed by atoms with Crippen molar-refractivity contribution in [2.75, 3.05) is 0 Å². The van der Waals surface area contributed by atoms with Crippen molar-refractivity contribution < 1.29 is 35.8 Å². The molecule has 10 heteroatoms. The monoisotopic (exact) mass is 352 g/mol. The Morgan fingerprint density at radius 3 is 1.92 bits per heavy atom. The number of aromatic hydroxyl groups is 1. The normalized spacial score (nSPS) is 12.2. The van der Waals surface area contributed by atoms with Gasteiger partial charge in [-0.1, -0.05) is 12.1 Å². The first-order valence-electron chi connectivity index (χ1n) is 6.19. The van der Waals surface area contributed by atoms with Crippen LogP contribution in [0, 0.1) is 30.2 Å². The molecule has 0 aliphatic rings.